The lowest BCUT2D eigenvalue weighted by Gasteiger charge is -2.28. The Labute approximate surface area is 155 Å². The van der Waals surface area contributed by atoms with Crippen molar-refractivity contribution in [2.24, 2.45) is 5.92 Å². The molecule has 3 N–H and O–H groups in total. The fourth-order valence-electron chi connectivity index (χ4n) is 3.55. The van der Waals surface area contributed by atoms with Crippen LogP contribution < -0.4 is 10.6 Å². The van der Waals surface area contributed by atoms with E-state index in [0.717, 1.165) is 25.7 Å². The van der Waals surface area contributed by atoms with Crippen LogP contribution in [0.25, 0.3) is 17.0 Å². The largest absolute Gasteiger partial charge is 0.359 e. The Morgan fingerprint density at radius 1 is 1.22 bits per heavy atom. The van der Waals surface area contributed by atoms with Crippen LogP contribution in [0.3, 0.4) is 0 Å². The predicted octanol–water partition coefficient (Wildman–Crippen LogP) is 1.18. The number of aromatic nitrogens is 5. The molecule has 0 aromatic carbocycles. The number of rotatable bonds is 4. The highest BCUT2D eigenvalue weighted by Crippen LogP contribution is 2.25. The second-order valence-corrected chi connectivity index (χ2v) is 6.72. The van der Waals surface area contributed by atoms with Crippen LogP contribution in [0.5, 0.6) is 0 Å². The van der Waals surface area contributed by atoms with Gasteiger partial charge in [0.25, 0.3) is 5.91 Å². The van der Waals surface area contributed by atoms with E-state index in [2.05, 4.69) is 30.6 Å². The van der Waals surface area contributed by atoms with Gasteiger partial charge in [-0.1, -0.05) is 0 Å². The molecule has 9 heteroatoms. The minimum Gasteiger partial charge on any atom is -0.359 e. The Bertz CT molecular complexity index is 955. The molecule has 4 rings (SSSR count). The third-order valence-electron chi connectivity index (χ3n) is 5.02. The number of amides is 2. The number of carbonyl (C=O) groups excluding carboxylic acids is 2. The van der Waals surface area contributed by atoms with E-state index in [-0.39, 0.29) is 23.8 Å². The van der Waals surface area contributed by atoms with Crippen LogP contribution in [0.1, 0.15) is 36.2 Å². The molecule has 1 fully saturated rings. The predicted molar refractivity (Wildman–Crippen MR) is 98.3 cm³/mol. The molecule has 3 aromatic heterocycles. The van der Waals surface area contributed by atoms with Gasteiger partial charge >= 0.3 is 0 Å². The number of hydrogen-bond donors (Lipinski definition) is 3. The maximum Gasteiger partial charge on any atom is 0.272 e. The number of nitrogens with one attached hydrogen (secondary N) is 3. The van der Waals surface area contributed by atoms with Gasteiger partial charge in [-0.2, -0.15) is 0 Å². The van der Waals surface area contributed by atoms with Crippen molar-refractivity contribution in [2.45, 2.75) is 31.7 Å². The fraction of sp³-hybridized carbons (Fsp3) is 0.389. The molecular weight excluding hydrogens is 346 g/mol. The number of imidazole rings is 1. The topological polar surface area (TPSA) is 118 Å². The first-order valence-corrected chi connectivity index (χ1v) is 9.01. The van der Waals surface area contributed by atoms with E-state index in [4.69, 9.17) is 0 Å². The molecule has 0 unspecified atom stereocenters. The van der Waals surface area contributed by atoms with Crippen LogP contribution in [0.15, 0.2) is 31.0 Å². The van der Waals surface area contributed by atoms with Gasteiger partial charge in [0.2, 0.25) is 11.9 Å². The summed E-state index contributed by atoms with van der Waals surface area (Å²) in [4.78, 5) is 40.6. The summed E-state index contributed by atoms with van der Waals surface area (Å²) in [5.41, 5.74) is 1.58. The molecule has 140 valence electrons. The lowest BCUT2D eigenvalue weighted by atomic mass is 9.85. The second-order valence-electron chi connectivity index (χ2n) is 6.72. The highest BCUT2D eigenvalue weighted by atomic mass is 16.2. The summed E-state index contributed by atoms with van der Waals surface area (Å²) in [7, 11) is 1.66. The second kappa shape index (κ2) is 7.18. The third-order valence-corrected chi connectivity index (χ3v) is 5.02. The van der Waals surface area contributed by atoms with Crippen molar-refractivity contribution in [3.8, 4) is 5.95 Å². The van der Waals surface area contributed by atoms with E-state index in [0.29, 0.717) is 22.7 Å². The van der Waals surface area contributed by atoms with E-state index < -0.39 is 0 Å². The molecule has 0 bridgehead atoms. The molecule has 0 radical (unpaired) electrons. The zero-order valence-corrected chi connectivity index (χ0v) is 15.0. The Hall–Kier alpha value is -3.23. The van der Waals surface area contributed by atoms with Crippen molar-refractivity contribution in [1.82, 2.24) is 35.1 Å². The van der Waals surface area contributed by atoms with Gasteiger partial charge < -0.3 is 15.6 Å². The molecule has 0 spiro atoms. The van der Waals surface area contributed by atoms with Gasteiger partial charge in [-0.25, -0.2) is 15.0 Å². The van der Waals surface area contributed by atoms with E-state index in [1.165, 1.54) is 0 Å². The summed E-state index contributed by atoms with van der Waals surface area (Å²) in [6.45, 7) is 0. The van der Waals surface area contributed by atoms with Gasteiger partial charge in [-0.15, -0.1) is 0 Å². The maximum atomic E-state index is 12.9. The summed E-state index contributed by atoms with van der Waals surface area (Å²) in [5, 5.41) is 5.76. The molecule has 0 atom stereocenters. The van der Waals surface area contributed by atoms with Crippen molar-refractivity contribution in [2.75, 3.05) is 7.05 Å². The van der Waals surface area contributed by atoms with E-state index >= 15 is 0 Å². The SMILES string of the molecule is CNC(=O)[C@H]1CC[C@H](NC(=O)c2nc(-n3ccnc3)nc3cc[nH]c23)CC1. The molecule has 0 saturated heterocycles. The van der Waals surface area contributed by atoms with E-state index in [1.54, 1.807) is 36.5 Å². The quantitative estimate of drug-likeness (QED) is 0.640. The maximum absolute atomic E-state index is 12.9. The summed E-state index contributed by atoms with van der Waals surface area (Å²) < 4.78 is 1.66. The molecule has 1 aliphatic carbocycles. The van der Waals surface area contributed by atoms with Crippen LogP contribution in [-0.2, 0) is 4.79 Å². The number of H-pyrrole nitrogens is 1. The summed E-state index contributed by atoms with van der Waals surface area (Å²) >= 11 is 0. The van der Waals surface area contributed by atoms with Crippen LogP contribution in [0.2, 0.25) is 0 Å². The van der Waals surface area contributed by atoms with Crippen molar-refractivity contribution >= 4 is 22.8 Å². The first-order valence-electron chi connectivity index (χ1n) is 9.01. The molecular formula is C18H21N7O2. The minimum atomic E-state index is -0.241. The molecule has 3 heterocycles. The van der Waals surface area contributed by atoms with Crippen molar-refractivity contribution in [3.05, 3.63) is 36.7 Å². The molecule has 9 nitrogen and oxygen atoms in total. The lowest BCUT2D eigenvalue weighted by Crippen LogP contribution is -2.40. The summed E-state index contributed by atoms with van der Waals surface area (Å²) in [5.74, 6) is 0.265. The Kier molecular flexibility index (Phi) is 4.57. The fourth-order valence-corrected chi connectivity index (χ4v) is 3.55. The van der Waals surface area contributed by atoms with Gasteiger partial charge in [0.1, 0.15) is 6.33 Å². The number of fused-ring (bicyclic) bond motifs is 1. The monoisotopic (exact) mass is 367 g/mol. The molecule has 27 heavy (non-hydrogen) atoms. The molecule has 2 amide bonds. The van der Waals surface area contributed by atoms with Gasteiger partial charge in [0.15, 0.2) is 5.69 Å². The van der Waals surface area contributed by atoms with Crippen LogP contribution >= 0.6 is 0 Å². The first kappa shape index (κ1) is 17.2. The summed E-state index contributed by atoms with van der Waals surface area (Å²) in [6, 6.07) is 1.85. The highest BCUT2D eigenvalue weighted by molar-refractivity contribution is 6.03. The number of carbonyl (C=O) groups is 2. The zero-order valence-electron chi connectivity index (χ0n) is 15.0. The normalized spacial score (nSPS) is 19.7. The van der Waals surface area contributed by atoms with Crippen molar-refractivity contribution in [1.29, 1.82) is 0 Å². The van der Waals surface area contributed by atoms with Crippen LogP contribution in [-0.4, -0.2) is 49.4 Å². The van der Waals surface area contributed by atoms with Crippen molar-refractivity contribution in [3.63, 3.8) is 0 Å². The average molecular weight is 367 g/mol. The Morgan fingerprint density at radius 2 is 2.04 bits per heavy atom. The minimum absolute atomic E-state index is 0.0326. The average Bonchev–Trinajstić information content (AvgIpc) is 3.38. The molecule has 0 aliphatic heterocycles. The number of aromatic amines is 1. The lowest BCUT2D eigenvalue weighted by molar-refractivity contribution is -0.125. The standard InChI is InChI=1S/C18H21N7O2/c1-19-16(26)11-2-4-12(5-3-11)22-17(27)15-14-13(6-7-21-14)23-18(24-15)25-9-8-20-10-25/h6-12,21H,2-5H2,1H3,(H,19,26)(H,22,27)/t11-,12-. The Morgan fingerprint density at radius 3 is 2.74 bits per heavy atom. The van der Waals surface area contributed by atoms with E-state index in [1.807, 2.05) is 6.07 Å². The van der Waals surface area contributed by atoms with Gasteiger partial charge in [0.05, 0.1) is 11.0 Å². The summed E-state index contributed by atoms with van der Waals surface area (Å²) in [6.07, 6.45) is 9.79. The molecule has 1 aliphatic rings. The van der Waals surface area contributed by atoms with Gasteiger partial charge in [0, 0.05) is 37.6 Å². The number of hydrogen-bond acceptors (Lipinski definition) is 5. The van der Waals surface area contributed by atoms with Crippen molar-refractivity contribution < 1.29 is 9.59 Å². The van der Waals surface area contributed by atoms with Gasteiger partial charge in [-0.05, 0) is 31.7 Å². The van der Waals surface area contributed by atoms with Gasteiger partial charge in [-0.3, -0.25) is 14.2 Å². The van der Waals surface area contributed by atoms with E-state index in [9.17, 15) is 9.59 Å². The first-order chi connectivity index (χ1) is 13.2. The zero-order chi connectivity index (χ0) is 18.8. The smallest absolute Gasteiger partial charge is 0.272 e. The number of nitrogens with zero attached hydrogens (tertiary/aromatic N) is 4. The van der Waals surface area contributed by atoms with Crippen LogP contribution in [0, 0.1) is 5.92 Å². The highest BCUT2D eigenvalue weighted by Gasteiger charge is 2.27. The molecule has 1 saturated carbocycles. The van der Waals surface area contributed by atoms with Crippen LogP contribution in [0.4, 0.5) is 0 Å². The molecule has 3 aromatic rings. The Balaban J connectivity index is 1.53. The third kappa shape index (κ3) is 3.40.